The summed E-state index contributed by atoms with van der Waals surface area (Å²) in [5.41, 5.74) is 0. The van der Waals surface area contributed by atoms with Gasteiger partial charge < -0.3 is 9.64 Å². The lowest BCUT2D eigenvalue weighted by molar-refractivity contribution is -0.132. The van der Waals surface area contributed by atoms with E-state index in [-0.39, 0.29) is 16.8 Å². The van der Waals surface area contributed by atoms with E-state index in [1.54, 1.807) is 17.0 Å². The molecule has 0 aliphatic carbocycles. The number of ether oxygens (including phenoxy) is 1. The van der Waals surface area contributed by atoms with E-state index in [9.17, 15) is 13.2 Å². The largest absolute Gasteiger partial charge is 0.494 e. The van der Waals surface area contributed by atoms with Gasteiger partial charge in [0.15, 0.2) is 9.84 Å². The molecule has 0 fully saturated rings. The number of hydrogen-bond acceptors (Lipinski definition) is 4. The molecule has 23 heavy (non-hydrogen) atoms. The molecule has 1 atom stereocenters. The average molecular weight is 341 g/mol. The number of sulfone groups is 1. The van der Waals surface area contributed by atoms with Crippen molar-refractivity contribution in [1.82, 2.24) is 4.90 Å². The number of rotatable bonds is 9. The van der Waals surface area contributed by atoms with E-state index in [2.05, 4.69) is 13.8 Å². The summed E-state index contributed by atoms with van der Waals surface area (Å²) in [5, 5.41) is 0. The van der Waals surface area contributed by atoms with Gasteiger partial charge in [0, 0.05) is 25.8 Å². The summed E-state index contributed by atoms with van der Waals surface area (Å²) < 4.78 is 28.3. The highest BCUT2D eigenvalue weighted by Gasteiger charge is 2.14. The molecule has 1 aromatic carbocycles. The van der Waals surface area contributed by atoms with E-state index in [4.69, 9.17) is 4.74 Å². The molecule has 1 unspecified atom stereocenters. The van der Waals surface area contributed by atoms with Crippen LogP contribution in [0.25, 0.3) is 0 Å². The maximum Gasteiger partial charge on any atom is 0.222 e. The lowest BCUT2D eigenvalue weighted by Crippen LogP contribution is -2.34. The van der Waals surface area contributed by atoms with Crippen molar-refractivity contribution < 1.29 is 17.9 Å². The summed E-state index contributed by atoms with van der Waals surface area (Å²) in [7, 11) is -1.34. The van der Waals surface area contributed by atoms with Gasteiger partial charge in [0.05, 0.1) is 11.5 Å². The number of carbonyl (C=O) groups excluding carboxylic acids is 1. The first kappa shape index (κ1) is 19.5. The molecule has 1 rings (SSSR count). The highest BCUT2D eigenvalue weighted by molar-refractivity contribution is 7.90. The van der Waals surface area contributed by atoms with Crippen LogP contribution in [0.15, 0.2) is 29.2 Å². The molecule has 1 aromatic rings. The summed E-state index contributed by atoms with van der Waals surface area (Å²) in [4.78, 5) is 14.1. The van der Waals surface area contributed by atoms with Crippen molar-refractivity contribution in [2.75, 3.05) is 19.9 Å². The zero-order chi connectivity index (χ0) is 17.5. The normalized spacial score (nSPS) is 12.7. The molecule has 0 bridgehead atoms. The van der Waals surface area contributed by atoms with Gasteiger partial charge in [-0.3, -0.25) is 4.79 Å². The molecule has 6 heteroatoms. The first-order chi connectivity index (χ1) is 10.8. The maximum absolute atomic E-state index is 12.0. The highest BCUT2D eigenvalue weighted by Crippen LogP contribution is 2.16. The van der Waals surface area contributed by atoms with E-state index in [0.29, 0.717) is 25.2 Å². The first-order valence-corrected chi connectivity index (χ1v) is 9.83. The monoisotopic (exact) mass is 341 g/mol. The third-order valence-electron chi connectivity index (χ3n) is 3.82. The van der Waals surface area contributed by atoms with Crippen molar-refractivity contribution in [3.63, 3.8) is 0 Å². The van der Waals surface area contributed by atoms with Crippen molar-refractivity contribution in [2.24, 2.45) is 0 Å². The molecule has 1 amide bonds. The third-order valence-corrected chi connectivity index (χ3v) is 4.95. The van der Waals surface area contributed by atoms with Gasteiger partial charge in [0.2, 0.25) is 5.91 Å². The van der Waals surface area contributed by atoms with Crippen LogP contribution in [-0.4, -0.2) is 45.2 Å². The standard InChI is InChI=1S/C17H27NO4S/c1-5-7-14(2)18(3)17(19)8-6-13-22-15-9-11-16(12-10-15)23(4,20)21/h9-12,14H,5-8,13H2,1-4H3. The summed E-state index contributed by atoms with van der Waals surface area (Å²) >= 11 is 0. The molecule has 0 aromatic heterocycles. The Bertz CT molecular complexity index is 596. The van der Waals surface area contributed by atoms with Crippen LogP contribution in [-0.2, 0) is 14.6 Å². The number of hydrogen-bond donors (Lipinski definition) is 0. The summed E-state index contributed by atoms with van der Waals surface area (Å²) in [6.07, 6.45) is 4.32. The van der Waals surface area contributed by atoms with Crippen LogP contribution in [0.5, 0.6) is 5.75 Å². The fourth-order valence-corrected chi connectivity index (χ4v) is 2.86. The number of amides is 1. The van der Waals surface area contributed by atoms with Crippen molar-refractivity contribution in [3.8, 4) is 5.75 Å². The second kappa shape index (κ2) is 8.91. The van der Waals surface area contributed by atoms with Gasteiger partial charge >= 0.3 is 0 Å². The molecule has 0 heterocycles. The molecular weight excluding hydrogens is 314 g/mol. The minimum Gasteiger partial charge on any atom is -0.494 e. The Labute approximate surface area is 139 Å². The van der Waals surface area contributed by atoms with Gasteiger partial charge in [0.1, 0.15) is 5.75 Å². The van der Waals surface area contributed by atoms with Crippen LogP contribution < -0.4 is 4.74 Å². The SMILES string of the molecule is CCCC(C)N(C)C(=O)CCCOc1ccc(S(C)(=O)=O)cc1. The second-order valence-electron chi connectivity index (χ2n) is 5.84. The van der Waals surface area contributed by atoms with E-state index < -0.39 is 9.84 Å². The number of benzene rings is 1. The Balaban J connectivity index is 2.36. The number of carbonyl (C=O) groups is 1. The van der Waals surface area contributed by atoms with E-state index >= 15 is 0 Å². The van der Waals surface area contributed by atoms with Gasteiger partial charge in [-0.05, 0) is 44.0 Å². The molecule has 130 valence electrons. The van der Waals surface area contributed by atoms with Crippen LogP contribution in [0, 0.1) is 0 Å². The zero-order valence-corrected chi connectivity index (χ0v) is 15.2. The van der Waals surface area contributed by atoms with E-state index in [0.717, 1.165) is 12.8 Å². The van der Waals surface area contributed by atoms with Crippen molar-refractivity contribution in [1.29, 1.82) is 0 Å². The Morgan fingerprint density at radius 3 is 2.39 bits per heavy atom. The smallest absolute Gasteiger partial charge is 0.222 e. The predicted octanol–water partition coefficient (Wildman–Crippen LogP) is 2.90. The Hall–Kier alpha value is -1.56. The molecule has 5 nitrogen and oxygen atoms in total. The maximum atomic E-state index is 12.0. The van der Waals surface area contributed by atoms with Gasteiger partial charge in [-0.25, -0.2) is 8.42 Å². The molecule has 0 spiro atoms. The lowest BCUT2D eigenvalue weighted by atomic mass is 10.1. The van der Waals surface area contributed by atoms with Crippen LogP contribution in [0.3, 0.4) is 0 Å². The van der Waals surface area contributed by atoms with Gasteiger partial charge in [-0.2, -0.15) is 0 Å². The summed E-state index contributed by atoms with van der Waals surface area (Å²) in [5.74, 6) is 0.736. The van der Waals surface area contributed by atoms with Gasteiger partial charge in [-0.15, -0.1) is 0 Å². The Kier molecular flexibility index (Phi) is 7.55. The topological polar surface area (TPSA) is 63.7 Å². The Morgan fingerprint density at radius 2 is 1.87 bits per heavy atom. The molecule has 0 aliphatic rings. The van der Waals surface area contributed by atoms with Gasteiger partial charge in [0.25, 0.3) is 0 Å². The third kappa shape index (κ3) is 6.60. The fraction of sp³-hybridized carbons (Fsp3) is 0.588. The molecule has 0 saturated carbocycles. The molecule has 0 saturated heterocycles. The van der Waals surface area contributed by atoms with Gasteiger partial charge in [-0.1, -0.05) is 13.3 Å². The van der Waals surface area contributed by atoms with Crippen molar-refractivity contribution >= 4 is 15.7 Å². The quantitative estimate of drug-likeness (QED) is 0.648. The average Bonchev–Trinajstić information content (AvgIpc) is 2.50. The fourth-order valence-electron chi connectivity index (χ4n) is 2.23. The first-order valence-electron chi connectivity index (χ1n) is 7.94. The molecular formula is C17H27NO4S. The van der Waals surface area contributed by atoms with Crippen molar-refractivity contribution in [2.45, 2.75) is 50.5 Å². The van der Waals surface area contributed by atoms with Crippen molar-refractivity contribution in [3.05, 3.63) is 24.3 Å². The molecule has 0 radical (unpaired) electrons. The molecule has 0 aliphatic heterocycles. The predicted molar refractivity (Wildman–Crippen MR) is 91.4 cm³/mol. The van der Waals surface area contributed by atoms with Crippen LogP contribution in [0.2, 0.25) is 0 Å². The van der Waals surface area contributed by atoms with E-state index in [1.807, 2.05) is 7.05 Å². The van der Waals surface area contributed by atoms with E-state index in [1.165, 1.54) is 18.4 Å². The molecule has 0 N–H and O–H groups in total. The number of nitrogens with zero attached hydrogens (tertiary/aromatic N) is 1. The minimum absolute atomic E-state index is 0.127. The lowest BCUT2D eigenvalue weighted by Gasteiger charge is -2.24. The zero-order valence-electron chi connectivity index (χ0n) is 14.4. The summed E-state index contributed by atoms with van der Waals surface area (Å²) in [6, 6.07) is 6.57. The Morgan fingerprint density at radius 1 is 1.26 bits per heavy atom. The highest BCUT2D eigenvalue weighted by atomic mass is 32.2. The van der Waals surface area contributed by atoms with Crippen LogP contribution >= 0.6 is 0 Å². The summed E-state index contributed by atoms with van der Waals surface area (Å²) in [6.45, 7) is 4.60. The van der Waals surface area contributed by atoms with Crippen LogP contribution in [0.4, 0.5) is 0 Å². The van der Waals surface area contributed by atoms with Crippen LogP contribution in [0.1, 0.15) is 39.5 Å². The minimum atomic E-state index is -3.18. The second-order valence-corrected chi connectivity index (χ2v) is 7.85.